The average molecular weight is 212 g/mol. The molecule has 0 aliphatic rings. The van der Waals surface area contributed by atoms with Crippen LogP contribution in [0.5, 0.6) is 0 Å². The van der Waals surface area contributed by atoms with Gasteiger partial charge in [-0.2, -0.15) is 15.7 Å². The van der Waals surface area contributed by atoms with E-state index in [0.29, 0.717) is 0 Å². The minimum absolute atomic E-state index is 1.22. The van der Waals surface area contributed by atoms with E-state index in [0.717, 1.165) is 0 Å². The molecule has 0 saturated heterocycles. The molecule has 1 nitrogen and oxygen atoms in total. The van der Waals surface area contributed by atoms with Gasteiger partial charge in [0.25, 0.3) is 0 Å². The number of hydrogen-bond donors (Lipinski definition) is 0. The minimum atomic E-state index is 1.22. The number of aromatic nitrogens is 1. The first kappa shape index (κ1) is 8.62. The number of fused-ring (bicyclic) bond motifs is 1. The van der Waals surface area contributed by atoms with Crippen LogP contribution in [0.4, 0.5) is 0 Å². The molecule has 3 aromatic heterocycles. The van der Waals surface area contributed by atoms with Crippen LogP contribution in [-0.2, 0) is 0 Å². The van der Waals surface area contributed by atoms with Gasteiger partial charge in [0.1, 0.15) is 0 Å². The van der Waals surface area contributed by atoms with Crippen LogP contribution in [0.25, 0.3) is 16.8 Å². The molecule has 3 rings (SSSR count). The molecule has 0 N–H and O–H groups in total. The Morgan fingerprint density at radius 1 is 0.933 bits per heavy atom. The number of hydrogen-bond acceptors (Lipinski definition) is 1. The lowest BCUT2D eigenvalue weighted by atomic mass is 10.2. The van der Waals surface area contributed by atoms with Gasteiger partial charge in [-0.1, -0.05) is 0 Å². The van der Waals surface area contributed by atoms with Gasteiger partial charge in [0.2, 0.25) is 11.2 Å². The molecule has 0 fully saturated rings. The molecular formula is C13H10NS+. The van der Waals surface area contributed by atoms with E-state index in [1.807, 2.05) is 0 Å². The molecular weight excluding hydrogens is 202 g/mol. The summed E-state index contributed by atoms with van der Waals surface area (Å²) in [5.41, 5.74) is 3.75. The van der Waals surface area contributed by atoms with Crippen LogP contribution in [0.15, 0.2) is 59.4 Å². The molecule has 0 aromatic carbocycles. The van der Waals surface area contributed by atoms with Crippen molar-refractivity contribution in [1.82, 2.24) is 0 Å². The summed E-state index contributed by atoms with van der Waals surface area (Å²) in [6.07, 6.45) is 2.10. The largest absolute Gasteiger partial charge is 0.219 e. The second kappa shape index (κ2) is 3.48. The van der Waals surface area contributed by atoms with Crippen molar-refractivity contribution in [2.45, 2.75) is 0 Å². The summed E-state index contributed by atoms with van der Waals surface area (Å²) in [5.74, 6) is 0. The molecule has 3 aromatic rings. The van der Waals surface area contributed by atoms with Crippen molar-refractivity contribution in [3.05, 3.63) is 59.4 Å². The van der Waals surface area contributed by atoms with Crippen LogP contribution in [0.2, 0.25) is 0 Å². The predicted molar refractivity (Wildman–Crippen MR) is 62.9 cm³/mol. The molecule has 2 heteroatoms. The smallest absolute Gasteiger partial charge is 0.160 e. The molecule has 0 amide bonds. The summed E-state index contributed by atoms with van der Waals surface area (Å²) >= 11 is 1.73. The van der Waals surface area contributed by atoms with Gasteiger partial charge in [-0.3, -0.25) is 0 Å². The zero-order valence-corrected chi connectivity index (χ0v) is 8.95. The van der Waals surface area contributed by atoms with E-state index in [1.165, 1.54) is 16.8 Å². The lowest BCUT2D eigenvalue weighted by Crippen LogP contribution is -2.23. The first-order chi connectivity index (χ1) is 7.45. The van der Waals surface area contributed by atoms with Gasteiger partial charge < -0.3 is 0 Å². The van der Waals surface area contributed by atoms with Gasteiger partial charge >= 0.3 is 0 Å². The van der Waals surface area contributed by atoms with E-state index in [4.69, 9.17) is 0 Å². The lowest BCUT2D eigenvalue weighted by molar-refractivity contribution is -0.499. The van der Waals surface area contributed by atoms with Crippen molar-refractivity contribution < 1.29 is 4.40 Å². The van der Waals surface area contributed by atoms with Crippen LogP contribution in [0.3, 0.4) is 0 Å². The average Bonchev–Trinajstić information content (AvgIpc) is 2.82. The van der Waals surface area contributed by atoms with Crippen molar-refractivity contribution in [3.8, 4) is 11.3 Å². The maximum absolute atomic E-state index is 2.21. The Morgan fingerprint density at radius 2 is 1.87 bits per heavy atom. The Hall–Kier alpha value is -1.67. The Balaban J connectivity index is 2.36. The fourth-order valence-corrected chi connectivity index (χ4v) is 2.42. The molecule has 0 spiro atoms. The fraction of sp³-hybridized carbons (Fsp3) is 0. The first-order valence-corrected chi connectivity index (χ1v) is 5.81. The number of nitrogens with zero attached hydrogens (tertiary/aromatic N) is 1. The van der Waals surface area contributed by atoms with E-state index in [1.54, 1.807) is 11.3 Å². The highest BCUT2D eigenvalue weighted by Crippen LogP contribution is 2.18. The van der Waals surface area contributed by atoms with Crippen LogP contribution in [-0.4, -0.2) is 0 Å². The third kappa shape index (κ3) is 1.43. The van der Waals surface area contributed by atoms with Crippen LogP contribution in [0.1, 0.15) is 0 Å². The van der Waals surface area contributed by atoms with E-state index in [2.05, 4.69) is 63.8 Å². The Kier molecular flexibility index (Phi) is 2.00. The van der Waals surface area contributed by atoms with Crippen molar-refractivity contribution in [1.29, 1.82) is 0 Å². The maximum atomic E-state index is 2.21. The predicted octanol–water partition coefficient (Wildman–Crippen LogP) is 3.15. The Labute approximate surface area is 92.3 Å². The van der Waals surface area contributed by atoms with Gasteiger partial charge in [0.05, 0.1) is 5.56 Å². The topological polar surface area (TPSA) is 4.10 Å². The second-order valence-electron chi connectivity index (χ2n) is 3.42. The zero-order chi connectivity index (χ0) is 10.1. The van der Waals surface area contributed by atoms with E-state index < -0.39 is 0 Å². The van der Waals surface area contributed by atoms with Gasteiger partial charge in [0, 0.05) is 29.6 Å². The summed E-state index contributed by atoms with van der Waals surface area (Å²) < 4.78 is 2.21. The van der Waals surface area contributed by atoms with Gasteiger partial charge in [-0.25, -0.2) is 0 Å². The standard InChI is InChI=1S/C13H10NS/c1-2-8-14-12(4-1)5-3-6-13(14)11-7-9-15-10-11/h1-10H/q+1. The molecule has 0 radical (unpaired) electrons. The summed E-state index contributed by atoms with van der Waals surface area (Å²) in [6, 6.07) is 14.8. The van der Waals surface area contributed by atoms with Gasteiger partial charge in [0.15, 0.2) is 6.20 Å². The minimum Gasteiger partial charge on any atom is -0.160 e. The molecule has 0 unspecified atom stereocenters. The second-order valence-corrected chi connectivity index (χ2v) is 4.20. The van der Waals surface area contributed by atoms with Gasteiger partial charge in [-0.15, -0.1) is 0 Å². The molecule has 72 valence electrons. The van der Waals surface area contributed by atoms with Crippen molar-refractivity contribution in [3.63, 3.8) is 0 Å². The van der Waals surface area contributed by atoms with E-state index >= 15 is 0 Å². The summed E-state index contributed by atoms with van der Waals surface area (Å²) in [5, 5.41) is 4.28. The number of thiophene rings is 1. The molecule has 0 saturated carbocycles. The number of pyridine rings is 2. The van der Waals surface area contributed by atoms with Crippen molar-refractivity contribution in [2.24, 2.45) is 0 Å². The Bertz CT molecular complexity index is 579. The number of rotatable bonds is 1. The fourth-order valence-electron chi connectivity index (χ4n) is 1.78. The Morgan fingerprint density at radius 3 is 2.73 bits per heavy atom. The van der Waals surface area contributed by atoms with Crippen LogP contribution in [0, 0.1) is 0 Å². The molecule has 0 bridgehead atoms. The monoisotopic (exact) mass is 212 g/mol. The highest BCUT2D eigenvalue weighted by molar-refractivity contribution is 7.08. The highest BCUT2D eigenvalue weighted by Gasteiger charge is 2.10. The SMILES string of the molecule is c1cc[n+]2c(-c3ccsc3)cccc2c1. The van der Waals surface area contributed by atoms with Crippen LogP contribution < -0.4 is 4.40 Å². The molecule has 0 aliphatic carbocycles. The summed E-state index contributed by atoms with van der Waals surface area (Å²) in [4.78, 5) is 0. The third-order valence-corrected chi connectivity index (χ3v) is 3.17. The maximum Gasteiger partial charge on any atom is 0.219 e. The molecule has 0 atom stereocenters. The highest BCUT2D eigenvalue weighted by atomic mass is 32.1. The van der Waals surface area contributed by atoms with Crippen molar-refractivity contribution in [2.75, 3.05) is 0 Å². The normalized spacial score (nSPS) is 10.7. The quantitative estimate of drug-likeness (QED) is 0.546. The third-order valence-electron chi connectivity index (χ3n) is 2.49. The summed E-state index contributed by atoms with van der Waals surface area (Å²) in [6.45, 7) is 0. The zero-order valence-electron chi connectivity index (χ0n) is 8.13. The van der Waals surface area contributed by atoms with Crippen LogP contribution >= 0.6 is 11.3 Å². The molecule has 15 heavy (non-hydrogen) atoms. The van der Waals surface area contributed by atoms with Crippen molar-refractivity contribution >= 4 is 16.9 Å². The molecule has 3 heterocycles. The van der Waals surface area contributed by atoms with E-state index in [-0.39, 0.29) is 0 Å². The lowest BCUT2D eigenvalue weighted by Gasteiger charge is -1.96. The first-order valence-electron chi connectivity index (χ1n) is 4.87. The van der Waals surface area contributed by atoms with E-state index in [9.17, 15) is 0 Å². The van der Waals surface area contributed by atoms with Gasteiger partial charge in [-0.05, 0) is 23.6 Å². The molecule has 0 aliphatic heterocycles. The summed E-state index contributed by atoms with van der Waals surface area (Å²) in [7, 11) is 0.